The number of hydrogen-bond donors (Lipinski definition) is 0. The number of fused-ring (bicyclic) bond motifs is 1. The SMILES string of the molecule is Cc1c(C2CC(C)CN(C)C2)sc2ccc(B3OC(C)(C)C(C)(C)O3)cc12. The second-order valence-electron chi connectivity index (χ2n) is 9.69. The summed E-state index contributed by atoms with van der Waals surface area (Å²) in [5, 5.41) is 1.36. The van der Waals surface area contributed by atoms with Gasteiger partial charge in [-0.25, -0.2) is 0 Å². The summed E-state index contributed by atoms with van der Waals surface area (Å²) in [4.78, 5) is 4.05. The first-order valence-corrected chi connectivity index (χ1v) is 11.0. The lowest BCUT2D eigenvalue weighted by atomic mass is 9.78. The van der Waals surface area contributed by atoms with Crippen molar-refractivity contribution in [2.45, 2.75) is 65.1 Å². The molecule has 3 heterocycles. The first-order valence-electron chi connectivity index (χ1n) is 10.1. The molecule has 2 aliphatic heterocycles. The normalized spacial score (nSPS) is 28.2. The van der Waals surface area contributed by atoms with Crippen LogP contribution in [-0.2, 0) is 9.31 Å². The van der Waals surface area contributed by atoms with Crippen LogP contribution in [-0.4, -0.2) is 43.4 Å². The summed E-state index contributed by atoms with van der Waals surface area (Å²) in [6.07, 6.45) is 1.29. The van der Waals surface area contributed by atoms with Gasteiger partial charge in [-0.05, 0) is 76.5 Å². The van der Waals surface area contributed by atoms with Crippen LogP contribution < -0.4 is 5.46 Å². The Morgan fingerprint density at radius 1 is 1.11 bits per heavy atom. The average molecular weight is 385 g/mol. The molecule has 0 bridgehead atoms. The fraction of sp³-hybridized carbons (Fsp3) is 0.636. The summed E-state index contributed by atoms with van der Waals surface area (Å²) < 4.78 is 13.9. The van der Waals surface area contributed by atoms with Crippen LogP contribution in [0.1, 0.15) is 57.4 Å². The Balaban J connectivity index is 1.67. The Morgan fingerprint density at radius 3 is 2.41 bits per heavy atom. The summed E-state index contributed by atoms with van der Waals surface area (Å²) in [6.45, 7) is 15.5. The van der Waals surface area contributed by atoms with Crippen molar-refractivity contribution < 1.29 is 9.31 Å². The summed E-state index contributed by atoms with van der Waals surface area (Å²) >= 11 is 1.98. The highest BCUT2D eigenvalue weighted by Gasteiger charge is 2.51. The Morgan fingerprint density at radius 2 is 1.78 bits per heavy atom. The first-order chi connectivity index (χ1) is 12.6. The van der Waals surface area contributed by atoms with E-state index in [0.29, 0.717) is 5.92 Å². The topological polar surface area (TPSA) is 21.7 Å². The molecular weight excluding hydrogens is 353 g/mol. The van der Waals surface area contributed by atoms with Gasteiger partial charge in [-0.3, -0.25) is 0 Å². The zero-order valence-corrected chi connectivity index (χ0v) is 18.6. The van der Waals surface area contributed by atoms with E-state index < -0.39 is 0 Å². The molecule has 0 spiro atoms. The smallest absolute Gasteiger partial charge is 0.399 e. The number of likely N-dealkylation sites (tertiary alicyclic amines) is 1. The molecule has 0 radical (unpaired) electrons. The van der Waals surface area contributed by atoms with Crippen molar-refractivity contribution in [2.24, 2.45) is 5.92 Å². The molecule has 2 unspecified atom stereocenters. The second kappa shape index (κ2) is 6.58. The third-order valence-corrected chi connectivity index (χ3v) is 8.17. The van der Waals surface area contributed by atoms with Crippen LogP contribution in [0, 0.1) is 12.8 Å². The fourth-order valence-corrected chi connectivity index (χ4v) is 5.88. The van der Waals surface area contributed by atoms with E-state index in [2.05, 4.69) is 71.7 Å². The van der Waals surface area contributed by atoms with Gasteiger partial charge in [-0.1, -0.05) is 19.1 Å². The first kappa shape index (κ1) is 19.4. The maximum absolute atomic E-state index is 6.26. The monoisotopic (exact) mass is 385 g/mol. The molecule has 4 rings (SSSR count). The Hall–Kier alpha value is -0.875. The van der Waals surface area contributed by atoms with Crippen molar-refractivity contribution in [1.82, 2.24) is 4.90 Å². The number of aryl methyl sites for hydroxylation is 1. The molecule has 3 nitrogen and oxygen atoms in total. The molecule has 0 N–H and O–H groups in total. The number of thiophene rings is 1. The highest BCUT2D eigenvalue weighted by atomic mass is 32.1. The predicted octanol–water partition coefficient (Wildman–Crippen LogP) is 4.56. The summed E-state index contributed by atoms with van der Waals surface area (Å²) in [5.74, 6) is 1.41. The molecule has 146 valence electrons. The zero-order valence-electron chi connectivity index (χ0n) is 17.8. The Labute approximate surface area is 168 Å². The lowest BCUT2D eigenvalue weighted by Crippen LogP contribution is -2.41. The van der Waals surface area contributed by atoms with E-state index in [1.165, 1.54) is 35.2 Å². The lowest BCUT2D eigenvalue weighted by Gasteiger charge is -2.34. The van der Waals surface area contributed by atoms with E-state index in [4.69, 9.17) is 9.31 Å². The predicted molar refractivity (Wildman–Crippen MR) is 116 cm³/mol. The highest BCUT2D eigenvalue weighted by Crippen LogP contribution is 2.41. The summed E-state index contributed by atoms with van der Waals surface area (Å²) in [7, 11) is 1.96. The van der Waals surface area contributed by atoms with Crippen molar-refractivity contribution in [3.8, 4) is 0 Å². The van der Waals surface area contributed by atoms with E-state index >= 15 is 0 Å². The van der Waals surface area contributed by atoms with Gasteiger partial charge in [0.05, 0.1) is 11.2 Å². The van der Waals surface area contributed by atoms with E-state index in [9.17, 15) is 0 Å². The average Bonchev–Trinajstić information content (AvgIpc) is 3.00. The van der Waals surface area contributed by atoms with Gasteiger partial charge in [0.1, 0.15) is 0 Å². The van der Waals surface area contributed by atoms with E-state index in [1.807, 2.05) is 11.3 Å². The largest absolute Gasteiger partial charge is 0.494 e. The molecule has 1 aromatic carbocycles. The van der Waals surface area contributed by atoms with Crippen LogP contribution >= 0.6 is 11.3 Å². The molecule has 0 amide bonds. The van der Waals surface area contributed by atoms with Crippen LogP contribution in [0.4, 0.5) is 0 Å². The van der Waals surface area contributed by atoms with Crippen LogP contribution in [0.3, 0.4) is 0 Å². The number of hydrogen-bond acceptors (Lipinski definition) is 4. The summed E-state index contributed by atoms with van der Waals surface area (Å²) in [6, 6.07) is 6.73. The molecule has 0 aliphatic carbocycles. The number of benzene rings is 1. The quantitative estimate of drug-likeness (QED) is 0.708. The van der Waals surface area contributed by atoms with Crippen molar-refractivity contribution in [2.75, 3.05) is 20.1 Å². The van der Waals surface area contributed by atoms with Gasteiger partial charge in [-0.15, -0.1) is 11.3 Å². The maximum atomic E-state index is 6.26. The molecule has 2 aliphatic rings. The van der Waals surface area contributed by atoms with Gasteiger partial charge in [0, 0.05) is 28.6 Å². The number of piperidine rings is 1. The van der Waals surface area contributed by atoms with E-state index in [0.717, 1.165) is 11.4 Å². The second-order valence-corrected chi connectivity index (χ2v) is 10.8. The van der Waals surface area contributed by atoms with E-state index in [1.54, 1.807) is 4.88 Å². The molecule has 2 saturated heterocycles. The van der Waals surface area contributed by atoms with E-state index in [-0.39, 0.29) is 18.3 Å². The zero-order chi connectivity index (χ0) is 19.6. The lowest BCUT2D eigenvalue weighted by molar-refractivity contribution is 0.00578. The van der Waals surface area contributed by atoms with Gasteiger partial charge in [0.25, 0.3) is 0 Å². The highest BCUT2D eigenvalue weighted by molar-refractivity contribution is 7.19. The van der Waals surface area contributed by atoms with Crippen LogP contribution in [0.2, 0.25) is 0 Å². The fourth-order valence-electron chi connectivity index (χ4n) is 4.58. The molecule has 27 heavy (non-hydrogen) atoms. The molecule has 2 atom stereocenters. The minimum atomic E-state index is -0.301. The number of likely N-dealkylation sites (N-methyl/N-ethyl adjacent to an activating group) is 1. The maximum Gasteiger partial charge on any atom is 0.494 e. The molecule has 1 aromatic heterocycles. The van der Waals surface area contributed by atoms with Crippen molar-refractivity contribution in [3.05, 3.63) is 28.6 Å². The third kappa shape index (κ3) is 3.37. The van der Waals surface area contributed by atoms with Crippen molar-refractivity contribution in [3.63, 3.8) is 0 Å². The molecular formula is C22H32BNO2S. The summed E-state index contributed by atoms with van der Waals surface area (Å²) in [5.41, 5.74) is 1.97. The molecule has 2 fully saturated rings. The third-order valence-electron chi connectivity index (χ3n) is 6.74. The van der Waals surface area contributed by atoms with Crippen LogP contribution in [0.15, 0.2) is 18.2 Å². The minimum absolute atomic E-state index is 0.289. The molecule has 0 saturated carbocycles. The van der Waals surface area contributed by atoms with Crippen LogP contribution in [0.25, 0.3) is 10.1 Å². The van der Waals surface area contributed by atoms with Crippen molar-refractivity contribution in [1.29, 1.82) is 0 Å². The van der Waals surface area contributed by atoms with Gasteiger partial charge >= 0.3 is 7.12 Å². The standard InChI is InChI=1S/C22H32BNO2S/c1-14-10-16(13-24(7)12-14)20-15(2)18-11-17(8-9-19(18)27-20)23-25-21(3,4)22(5,6)26-23/h8-9,11,14,16H,10,12-13H2,1-7H3. The number of rotatable bonds is 2. The Kier molecular flexibility index (Phi) is 4.74. The van der Waals surface area contributed by atoms with Gasteiger partial charge in [-0.2, -0.15) is 0 Å². The van der Waals surface area contributed by atoms with Gasteiger partial charge < -0.3 is 14.2 Å². The van der Waals surface area contributed by atoms with Gasteiger partial charge in [0.2, 0.25) is 0 Å². The van der Waals surface area contributed by atoms with Crippen molar-refractivity contribution >= 4 is 34.0 Å². The van der Waals surface area contributed by atoms with Gasteiger partial charge in [0.15, 0.2) is 0 Å². The molecule has 2 aromatic rings. The Bertz CT molecular complexity index is 833. The molecule has 5 heteroatoms. The number of nitrogens with zero attached hydrogens (tertiary/aromatic N) is 1. The minimum Gasteiger partial charge on any atom is -0.399 e. The van der Waals surface area contributed by atoms with Crippen LogP contribution in [0.5, 0.6) is 0 Å².